The highest BCUT2D eigenvalue weighted by molar-refractivity contribution is 5.77. The third-order valence-corrected chi connectivity index (χ3v) is 3.24. The van der Waals surface area contributed by atoms with E-state index in [2.05, 4.69) is 4.98 Å². The Morgan fingerprint density at radius 1 is 1.44 bits per heavy atom. The van der Waals surface area contributed by atoms with Crippen molar-refractivity contribution in [3.63, 3.8) is 0 Å². The SMILES string of the molecule is O=C(O)C1(Cc2ccc3[nH]c(=O)oc3c2)COC1. The van der Waals surface area contributed by atoms with E-state index in [4.69, 9.17) is 9.15 Å². The van der Waals surface area contributed by atoms with Gasteiger partial charge in [-0.2, -0.15) is 0 Å². The van der Waals surface area contributed by atoms with Gasteiger partial charge in [-0.25, -0.2) is 4.79 Å². The number of aromatic nitrogens is 1. The van der Waals surface area contributed by atoms with Crippen molar-refractivity contribution < 1.29 is 19.1 Å². The number of fused-ring (bicyclic) bond motifs is 1. The summed E-state index contributed by atoms with van der Waals surface area (Å²) in [5.41, 5.74) is 1.02. The smallest absolute Gasteiger partial charge is 0.417 e. The predicted molar refractivity (Wildman–Crippen MR) is 61.4 cm³/mol. The van der Waals surface area contributed by atoms with Crippen LogP contribution in [0.4, 0.5) is 0 Å². The Kier molecular flexibility index (Phi) is 2.27. The van der Waals surface area contributed by atoms with Gasteiger partial charge in [-0.15, -0.1) is 0 Å². The number of oxazole rings is 1. The number of carbonyl (C=O) groups is 1. The van der Waals surface area contributed by atoms with Crippen molar-refractivity contribution in [2.45, 2.75) is 6.42 Å². The van der Waals surface area contributed by atoms with Crippen LogP contribution in [0, 0.1) is 5.41 Å². The Labute approximate surface area is 101 Å². The van der Waals surface area contributed by atoms with E-state index >= 15 is 0 Å². The molecule has 1 fully saturated rings. The molecule has 0 unspecified atom stereocenters. The fraction of sp³-hybridized carbons (Fsp3) is 0.333. The number of hydrogen-bond acceptors (Lipinski definition) is 4. The van der Waals surface area contributed by atoms with E-state index < -0.39 is 17.1 Å². The lowest BCUT2D eigenvalue weighted by Crippen LogP contribution is -2.50. The molecule has 1 aromatic heterocycles. The minimum absolute atomic E-state index is 0.220. The average molecular weight is 249 g/mol. The zero-order valence-corrected chi connectivity index (χ0v) is 9.43. The zero-order valence-electron chi connectivity index (χ0n) is 9.43. The zero-order chi connectivity index (χ0) is 12.8. The molecule has 0 radical (unpaired) electrons. The lowest BCUT2D eigenvalue weighted by molar-refractivity contribution is -0.179. The van der Waals surface area contributed by atoms with Crippen LogP contribution in [0.25, 0.3) is 11.1 Å². The number of nitrogens with one attached hydrogen (secondary N) is 1. The van der Waals surface area contributed by atoms with Gasteiger partial charge in [-0.1, -0.05) is 6.07 Å². The molecule has 1 aliphatic heterocycles. The molecule has 0 aliphatic carbocycles. The number of benzene rings is 1. The van der Waals surface area contributed by atoms with E-state index in [9.17, 15) is 14.7 Å². The maximum atomic E-state index is 11.2. The van der Waals surface area contributed by atoms with Crippen LogP contribution in [-0.4, -0.2) is 29.3 Å². The number of hydrogen-bond donors (Lipinski definition) is 2. The van der Waals surface area contributed by atoms with Crippen LogP contribution in [0.3, 0.4) is 0 Å². The van der Waals surface area contributed by atoms with Crippen molar-refractivity contribution in [3.05, 3.63) is 34.3 Å². The summed E-state index contributed by atoms with van der Waals surface area (Å²) in [6, 6.07) is 5.19. The minimum Gasteiger partial charge on any atom is -0.481 e. The van der Waals surface area contributed by atoms with E-state index in [1.165, 1.54) is 0 Å². The first-order chi connectivity index (χ1) is 8.59. The van der Waals surface area contributed by atoms with Crippen LogP contribution >= 0.6 is 0 Å². The predicted octanol–water partition coefficient (Wildman–Crippen LogP) is 0.765. The molecule has 2 aromatic rings. The normalized spacial score (nSPS) is 17.6. The molecule has 0 bridgehead atoms. The lowest BCUT2D eigenvalue weighted by atomic mass is 9.80. The molecule has 6 heteroatoms. The van der Waals surface area contributed by atoms with Crippen LogP contribution in [0.15, 0.2) is 27.4 Å². The summed E-state index contributed by atoms with van der Waals surface area (Å²) in [5.74, 6) is -1.37. The highest BCUT2D eigenvalue weighted by Gasteiger charge is 2.46. The summed E-state index contributed by atoms with van der Waals surface area (Å²) in [5, 5.41) is 9.20. The Bertz CT molecular complexity index is 664. The lowest BCUT2D eigenvalue weighted by Gasteiger charge is -2.37. The Hall–Kier alpha value is -2.08. The highest BCUT2D eigenvalue weighted by atomic mass is 16.5. The fourth-order valence-electron chi connectivity index (χ4n) is 2.14. The monoisotopic (exact) mass is 249 g/mol. The van der Waals surface area contributed by atoms with Crippen molar-refractivity contribution in [2.75, 3.05) is 13.2 Å². The van der Waals surface area contributed by atoms with Crippen molar-refractivity contribution in [1.82, 2.24) is 4.98 Å². The van der Waals surface area contributed by atoms with E-state index in [1.54, 1.807) is 18.2 Å². The summed E-state index contributed by atoms with van der Waals surface area (Å²) in [7, 11) is 0. The molecule has 6 nitrogen and oxygen atoms in total. The topological polar surface area (TPSA) is 92.5 Å². The van der Waals surface area contributed by atoms with E-state index in [0.29, 0.717) is 17.5 Å². The van der Waals surface area contributed by atoms with Gasteiger partial charge >= 0.3 is 11.7 Å². The van der Waals surface area contributed by atoms with Crippen LogP contribution < -0.4 is 5.76 Å². The molecule has 0 amide bonds. The van der Waals surface area contributed by atoms with Gasteiger partial charge in [0.2, 0.25) is 0 Å². The summed E-state index contributed by atoms with van der Waals surface area (Å²) >= 11 is 0. The molecule has 0 atom stereocenters. The molecule has 1 saturated heterocycles. The molecular weight excluding hydrogens is 238 g/mol. The van der Waals surface area contributed by atoms with Gasteiger partial charge in [0.15, 0.2) is 5.58 Å². The highest BCUT2D eigenvalue weighted by Crippen LogP contribution is 2.32. The number of carboxylic acid groups (broad SMARTS) is 1. The first kappa shape index (κ1) is 11.0. The third-order valence-electron chi connectivity index (χ3n) is 3.24. The van der Waals surface area contributed by atoms with Crippen LogP contribution in [0.2, 0.25) is 0 Å². The second kappa shape index (κ2) is 3.71. The Morgan fingerprint density at radius 3 is 2.83 bits per heavy atom. The molecule has 2 N–H and O–H groups in total. The molecular formula is C12H11NO5. The molecule has 1 aromatic carbocycles. The number of ether oxygens (including phenoxy) is 1. The van der Waals surface area contributed by atoms with Gasteiger partial charge < -0.3 is 14.3 Å². The Balaban J connectivity index is 1.95. The van der Waals surface area contributed by atoms with Crippen molar-refractivity contribution in [3.8, 4) is 0 Å². The minimum atomic E-state index is -0.857. The molecule has 1 aliphatic rings. The van der Waals surface area contributed by atoms with E-state index in [1.807, 2.05) is 0 Å². The van der Waals surface area contributed by atoms with Crippen LogP contribution in [0.5, 0.6) is 0 Å². The second-order valence-corrected chi connectivity index (χ2v) is 4.60. The molecule has 94 valence electrons. The fourth-order valence-corrected chi connectivity index (χ4v) is 2.14. The molecule has 0 spiro atoms. The number of aromatic amines is 1. The summed E-state index contributed by atoms with van der Waals surface area (Å²) in [6.45, 7) is 0.439. The number of aliphatic carboxylic acids is 1. The van der Waals surface area contributed by atoms with Gasteiger partial charge in [0.25, 0.3) is 0 Å². The maximum absolute atomic E-state index is 11.2. The molecule has 2 heterocycles. The van der Waals surface area contributed by atoms with Crippen LogP contribution in [-0.2, 0) is 16.0 Å². The first-order valence-corrected chi connectivity index (χ1v) is 5.52. The maximum Gasteiger partial charge on any atom is 0.417 e. The summed E-state index contributed by atoms with van der Waals surface area (Å²) in [4.78, 5) is 24.8. The second-order valence-electron chi connectivity index (χ2n) is 4.60. The van der Waals surface area contributed by atoms with Gasteiger partial charge in [-0.05, 0) is 24.1 Å². The van der Waals surface area contributed by atoms with Gasteiger partial charge in [0.05, 0.1) is 18.7 Å². The van der Waals surface area contributed by atoms with Gasteiger partial charge in [0.1, 0.15) is 5.41 Å². The number of carboxylic acids is 1. The van der Waals surface area contributed by atoms with Gasteiger partial charge in [0, 0.05) is 0 Å². The first-order valence-electron chi connectivity index (χ1n) is 5.52. The molecule has 3 rings (SSSR count). The largest absolute Gasteiger partial charge is 0.481 e. The van der Waals surface area contributed by atoms with Crippen LogP contribution in [0.1, 0.15) is 5.56 Å². The van der Waals surface area contributed by atoms with E-state index in [0.717, 1.165) is 5.56 Å². The number of rotatable bonds is 3. The van der Waals surface area contributed by atoms with Gasteiger partial charge in [-0.3, -0.25) is 9.78 Å². The Morgan fingerprint density at radius 2 is 2.22 bits per heavy atom. The molecule has 0 saturated carbocycles. The third kappa shape index (κ3) is 1.62. The van der Waals surface area contributed by atoms with Crippen molar-refractivity contribution in [1.29, 1.82) is 0 Å². The molecule has 18 heavy (non-hydrogen) atoms. The van der Waals surface area contributed by atoms with Crippen molar-refractivity contribution in [2.24, 2.45) is 5.41 Å². The average Bonchev–Trinajstić information content (AvgIpc) is 2.62. The summed E-state index contributed by atoms with van der Waals surface area (Å²) in [6.07, 6.45) is 0.368. The summed E-state index contributed by atoms with van der Waals surface area (Å²) < 4.78 is 9.95. The number of H-pyrrole nitrogens is 1. The van der Waals surface area contributed by atoms with E-state index in [-0.39, 0.29) is 13.2 Å². The quantitative estimate of drug-likeness (QED) is 0.837. The van der Waals surface area contributed by atoms with Crippen molar-refractivity contribution >= 4 is 17.1 Å². The standard InChI is InChI=1S/C12H11NO5/c14-10(15)12(5-17-6-12)4-7-1-2-8-9(3-7)18-11(16)13-8/h1-3H,4-6H2,(H,13,16)(H,14,15).